The van der Waals surface area contributed by atoms with Crippen LogP contribution >= 0.6 is 11.6 Å². The van der Waals surface area contributed by atoms with Gasteiger partial charge in [0.25, 0.3) is 10.0 Å². The highest BCUT2D eigenvalue weighted by Gasteiger charge is 2.25. The van der Waals surface area contributed by atoms with Crippen molar-refractivity contribution in [2.75, 3.05) is 17.5 Å². The van der Waals surface area contributed by atoms with Crippen molar-refractivity contribution in [1.82, 2.24) is 0 Å². The van der Waals surface area contributed by atoms with Gasteiger partial charge in [0.15, 0.2) is 0 Å². The summed E-state index contributed by atoms with van der Waals surface area (Å²) < 4.78 is 44.6. The minimum absolute atomic E-state index is 0.0404. The second-order valence-corrected chi connectivity index (χ2v) is 7.28. The molecule has 2 aromatic carbocycles. The molecule has 0 unspecified atom stereocenters. The van der Waals surface area contributed by atoms with Gasteiger partial charge in [0.1, 0.15) is 5.82 Å². The number of hydrogen-bond acceptors (Lipinski definition) is 4. The Morgan fingerprint density at radius 2 is 1.80 bits per heavy atom. The zero-order chi connectivity index (χ0) is 18.6. The molecule has 0 aliphatic heterocycles. The molecule has 0 radical (unpaired) electrons. The highest BCUT2D eigenvalue weighted by Crippen LogP contribution is 2.28. The number of ether oxygens (including phenoxy) is 1. The SMILES string of the molecule is CCOC(=O)c1ccc(N(CC)S(=O)(=O)c2ccc(F)cc2)cc1Cl. The Hall–Kier alpha value is -2.12. The van der Waals surface area contributed by atoms with Gasteiger partial charge in [0.05, 0.1) is 27.8 Å². The summed E-state index contributed by atoms with van der Waals surface area (Å²) in [5.41, 5.74) is 0.451. The van der Waals surface area contributed by atoms with E-state index in [9.17, 15) is 17.6 Å². The van der Waals surface area contributed by atoms with Crippen molar-refractivity contribution >= 4 is 33.3 Å². The van der Waals surface area contributed by atoms with Crippen LogP contribution in [0.2, 0.25) is 5.02 Å². The molecule has 2 aromatic rings. The summed E-state index contributed by atoms with van der Waals surface area (Å²) in [7, 11) is -3.89. The number of nitrogens with zero attached hydrogens (tertiary/aromatic N) is 1. The van der Waals surface area contributed by atoms with Crippen LogP contribution in [-0.2, 0) is 14.8 Å². The number of carbonyl (C=O) groups is 1. The Labute approximate surface area is 151 Å². The maximum Gasteiger partial charge on any atom is 0.339 e. The number of benzene rings is 2. The highest BCUT2D eigenvalue weighted by molar-refractivity contribution is 7.92. The molecule has 25 heavy (non-hydrogen) atoms. The first-order valence-electron chi connectivity index (χ1n) is 7.56. The van der Waals surface area contributed by atoms with Gasteiger partial charge in [-0.2, -0.15) is 0 Å². The van der Waals surface area contributed by atoms with Gasteiger partial charge in [-0.3, -0.25) is 4.31 Å². The maximum absolute atomic E-state index is 13.0. The second-order valence-electron chi connectivity index (χ2n) is 5.01. The van der Waals surface area contributed by atoms with Crippen molar-refractivity contribution in [2.24, 2.45) is 0 Å². The number of halogens is 2. The van der Waals surface area contributed by atoms with Gasteiger partial charge in [-0.25, -0.2) is 17.6 Å². The summed E-state index contributed by atoms with van der Waals surface area (Å²) in [6, 6.07) is 8.83. The van der Waals surface area contributed by atoms with Crippen LogP contribution in [-0.4, -0.2) is 27.5 Å². The smallest absolute Gasteiger partial charge is 0.339 e. The zero-order valence-corrected chi connectivity index (χ0v) is 15.3. The number of rotatable bonds is 6. The van der Waals surface area contributed by atoms with E-state index in [4.69, 9.17) is 16.3 Å². The summed E-state index contributed by atoms with van der Waals surface area (Å²) in [6.45, 7) is 3.67. The van der Waals surface area contributed by atoms with Crippen molar-refractivity contribution < 1.29 is 22.3 Å². The molecule has 0 heterocycles. The van der Waals surface area contributed by atoms with Crippen LogP contribution in [0, 0.1) is 5.82 Å². The second kappa shape index (κ2) is 7.84. The minimum atomic E-state index is -3.89. The van der Waals surface area contributed by atoms with Gasteiger partial charge < -0.3 is 4.74 Å². The van der Waals surface area contributed by atoms with Crippen LogP contribution in [0.4, 0.5) is 10.1 Å². The molecule has 0 aliphatic carbocycles. The lowest BCUT2D eigenvalue weighted by Gasteiger charge is -2.23. The molecule has 5 nitrogen and oxygen atoms in total. The molecular formula is C17H17ClFNO4S. The lowest BCUT2D eigenvalue weighted by Crippen LogP contribution is -2.30. The fourth-order valence-corrected chi connectivity index (χ4v) is 3.98. The summed E-state index contributed by atoms with van der Waals surface area (Å²) >= 11 is 6.11. The molecule has 0 spiro atoms. The van der Waals surface area contributed by atoms with E-state index in [1.54, 1.807) is 13.8 Å². The largest absolute Gasteiger partial charge is 0.462 e. The molecule has 0 atom stereocenters. The number of sulfonamides is 1. The van der Waals surface area contributed by atoms with Crippen LogP contribution in [0.15, 0.2) is 47.4 Å². The minimum Gasteiger partial charge on any atom is -0.462 e. The first-order valence-corrected chi connectivity index (χ1v) is 9.38. The zero-order valence-electron chi connectivity index (χ0n) is 13.7. The van der Waals surface area contributed by atoms with Crippen LogP contribution in [0.1, 0.15) is 24.2 Å². The van der Waals surface area contributed by atoms with Crippen molar-refractivity contribution in [2.45, 2.75) is 18.7 Å². The molecular weight excluding hydrogens is 369 g/mol. The normalized spacial score (nSPS) is 11.2. The molecule has 0 bridgehead atoms. The van der Waals surface area contributed by atoms with E-state index in [2.05, 4.69) is 0 Å². The third-order valence-corrected chi connectivity index (χ3v) is 5.65. The predicted molar refractivity (Wildman–Crippen MR) is 94.0 cm³/mol. The number of anilines is 1. The fourth-order valence-electron chi connectivity index (χ4n) is 2.26. The summed E-state index contributed by atoms with van der Waals surface area (Å²) in [5.74, 6) is -1.10. The van der Waals surface area contributed by atoms with Gasteiger partial charge in [0.2, 0.25) is 0 Å². The number of carbonyl (C=O) groups excluding carboxylic acids is 1. The van der Waals surface area contributed by atoms with E-state index in [0.29, 0.717) is 5.69 Å². The molecule has 134 valence electrons. The predicted octanol–water partition coefficient (Wildman–Crippen LogP) is 3.87. The maximum atomic E-state index is 13.0. The molecule has 8 heteroatoms. The van der Waals surface area contributed by atoms with Crippen molar-refractivity contribution in [3.63, 3.8) is 0 Å². The van der Waals surface area contributed by atoms with Crippen molar-refractivity contribution in [3.8, 4) is 0 Å². The average molecular weight is 386 g/mol. The van der Waals surface area contributed by atoms with Gasteiger partial charge >= 0.3 is 5.97 Å². The molecule has 0 saturated heterocycles. The standard InChI is InChI=1S/C17H17ClFNO4S/c1-3-20(25(22,23)14-8-5-12(19)6-9-14)13-7-10-15(16(18)11-13)17(21)24-4-2/h5-11H,3-4H2,1-2H3. The molecule has 0 fully saturated rings. The number of hydrogen-bond donors (Lipinski definition) is 0. The number of esters is 1. The average Bonchev–Trinajstić information content (AvgIpc) is 2.56. The van der Waals surface area contributed by atoms with Crippen molar-refractivity contribution in [3.05, 3.63) is 58.9 Å². The Kier molecular flexibility index (Phi) is 6.02. The van der Waals surface area contributed by atoms with E-state index in [-0.39, 0.29) is 28.6 Å². The Balaban J connectivity index is 2.42. The van der Waals surface area contributed by atoms with Gasteiger partial charge in [-0.05, 0) is 56.3 Å². The van der Waals surface area contributed by atoms with Crippen molar-refractivity contribution in [1.29, 1.82) is 0 Å². The lowest BCUT2D eigenvalue weighted by atomic mass is 10.2. The molecule has 0 N–H and O–H groups in total. The fraction of sp³-hybridized carbons (Fsp3) is 0.235. The first-order chi connectivity index (χ1) is 11.8. The molecule has 0 aliphatic rings. The van der Waals surface area contributed by atoms with Crippen LogP contribution in [0.3, 0.4) is 0 Å². The van der Waals surface area contributed by atoms with Gasteiger partial charge in [0, 0.05) is 6.54 Å². The Morgan fingerprint density at radius 3 is 2.32 bits per heavy atom. The van der Waals surface area contributed by atoms with E-state index < -0.39 is 21.8 Å². The van der Waals surface area contributed by atoms with Crippen LogP contribution in [0.25, 0.3) is 0 Å². The van der Waals surface area contributed by atoms with E-state index in [1.807, 2.05) is 0 Å². The van der Waals surface area contributed by atoms with Gasteiger partial charge in [-0.15, -0.1) is 0 Å². The molecule has 0 saturated carbocycles. The first kappa shape index (κ1) is 19.2. The lowest BCUT2D eigenvalue weighted by molar-refractivity contribution is 0.0526. The van der Waals surface area contributed by atoms with Crippen LogP contribution < -0.4 is 4.31 Å². The van der Waals surface area contributed by atoms with E-state index in [0.717, 1.165) is 16.4 Å². The highest BCUT2D eigenvalue weighted by atomic mass is 35.5. The van der Waals surface area contributed by atoms with E-state index in [1.165, 1.54) is 30.3 Å². The topological polar surface area (TPSA) is 63.7 Å². The Bertz CT molecular complexity index is 869. The summed E-state index contributed by atoms with van der Waals surface area (Å²) in [6.07, 6.45) is 0. The molecule has 0 aromatic heterocycles. The summed E-state index contributed by atoms with van der Waals surface area (Å²) in [5, 5.41) is 0.0868. The Morgan fingerprint density at radius 1 is 1.16 bits per heavy atom. The quantitative estimate of drug-likeness (QED) is 0.708. The third-order valence-electron chi connectivity index (χ3n) is 3.42. The third kappa shape index (κ3) is 4.11. The monoisotopic (exact) mass is 385 g/mol. The van der Waals surface area contributed by atoms with E-state index >= 15 is 0 Å². The van der Waals surface area contributed by atoms with Gasteiger partial charge in [-0.1, -0.05) is 11.6 Å². The summed E-state index contributed by atoms with van der Waals surface area (Å²) in [4.78, 5) is 11.8. The molecule has 2 rings (SSSR count). The molecule has 0 amide bonds. The van der Waals surface area contributed by atoms with Crippen LogP contribution in [0.5, 0.6) is 0 Å².